The van der Waals surface area contributed by atoms with Crippen LogP contribution in [0.25, 0.3) is 0 Å². The molecule has 1 aliphatic rings. The van der Waals surface area contributed by atoms with Crippen LogP contribution in [0.3, 0.4) is 0 Å². The Morgan fingerprint density at radius 3 is 2.60 bits per heavy atom. The summed E-state index contributed by atoms with van der Waals surface area (Å²) < 4.78 is 13.1. The number of halogens is 2. The van der Waals surface area contributed by atoms with Crippen molar-refractivity contribution in [2.75, 3.05) is 13.1 Å². The van der Waals surface area contributed by atoms with Crippen molar-refractivity contribution in [3.8, 4) is 0 Å². The fourth-order valence-electron chi connectivity index (χ4n) is 2.40. The lowest BCUT2D eigenvalue weighted by Gasteiger charge is -2.48. The molecule has 0 bridgehead atoms. The number of hydrogen-bond donors (Lipinski definition) is 1. The van der Waals surface area contributed by atoms with E-state index in [9.17, 15) is 14.3 Å². The largest absolute Gasteiger partial charge is 0.389 e. The highest BCUT2D eigenvalue weighted by molar-refractivity contribution is 6.31. The van der Waals surface area contributed by atoms with E-state index in [4.69, 9.17) is 11.6 Å². The smallest absolute Gasteiger partial charge is 0.253 e. The predicted molar refractivity (Wildman–Crippen MR) is 76.3 cm³/mol. The van der Waals surface area contributed by atoms with E-state index in [-0.39, 0.29) is 10.9 Å². The highest BCUT2D eigenvalue weighted by atomic mass is 35.5. The molecule has 1 fully saturated rings. The van der Waals surface area contributed by atoms with Crippen molar-refractivity contribution >= 4 is 17.5 Å². The van der Waals surface area contributed by atoms with E-state index in [1.54, 1.807) is 11.8 Å². The molecule has 1 amide bonds. The fraction of sp³-hybridized carbons (Fsp3) is 0.533. The van der Waals surface area contributed by atoms with E-state index in [0.717, 1.165) is 0 Å². The van der Waals surface area contributed by atoms with Crippen LogP contribution in [0, 0.1) is 11.2 Å². The Bertz CT molecular complexity index is 543. The summed E-state index contributed by atoms with van der Waals surface area (Å²) in [6.07, 6.45) is 0.515. The average molecular weight is 300 g/mol. The van der Waals surface area contributed by atoms with Gasteiger partial charge in [0.25, 0.3) is 5.91 Å². The van der Waals surface area contributed by atoms with Gasteiger partial charge in [0.1, 0.15) is 5.82 Å². The zero-order valence-corrected chi connectivity index (χ0v) is 12.7. The number of nitrogens with zero attached hydrogens (tertiary/aromatic N) is 1. The summed E-state index contributed by atoms with van der Waals surface area (Å²) in [6, 6.07) is 3.98. The first-order valence-electron chi connectivity index (χ1n) is 6.61. The molecule has 1 heterocycles. The third-order valence-corrected chi connectivity index (χ3v) is 4.66. The average Bonchev–Trinajstić information content (AvgIpc) is 2.35. The van der Waals surface area contributed by atoms with E-state index in [1.807, 2.05) is 13.8 Å². The van der Waals surface area contributed by atoms with E-state index in [2.05, 4.69) is 0 Å². The third-order valence-electron chi connectivity index (χ3n) is 4.37. The van der Waals surface area contributed by atoms with E-state index in [0.29, 0.717) is 25.1 Å². The molecule has 1 aromatic carbocycles. The topological polar surface area (TPSA) is 40.5 Å². The Balaban J connectivity index is 2.20. The molecule has 1 atom stereocenters. The number of hydrogen-bond acceptors (Lipinski definition) is 2. The van der Waals surface area contributed by atoms with Gasteiger partial charge in [0.05, 0.1) is 10.6 Å². The number of carbonyl (C=O) groups is 1. The fourth-order valence-corrected chi connectivity index (χ4v) is 2.58. The van der Waals surface area contributed by atoms with Crippen LogP contribution in [0.1, 0.15) is 37.6 Å². The summed E-state index contributed by atoms with van der Waals surface area (Å²) in [5.74, 6) is -0.722. The monoisotopic (exact) mass is 299 g/mol. The maximum Gasteiger partial charge on any atom is 0.253 e. The highest BCUT2D eigenvalue weighted by Crippen LogP contribution is 2.38. The van der Waals surface area contributed by atoms with Gasteiger partial charge in [-0.25, -0.2) is 4.39 Å². The molecule has 0 aliphatic carbocycles. The van der Waals surface area contributed by atoms with Gasteiger partial charge in [-0.2, -0.15) is 0 Å². The van der Waals surface area contributed by atoms with Gasteiger partial charge in [-0.3, -0.25) is 4.79 Å². The molecular formula is C15H19ClFNO2. The second-order valence-corrected chi connectivity index (χ2v) is 6.67. The van der Waals surface area contributed by atoms with Crippen molar-refractivity contribution in [2.45, 2.75) is 32.8 Å². The van der Waals surface area contributed by atoms with Crippen molar-refractivity contribution in [1.82, 2.24) is 4.90 Å². The number of aliphatic hydroxyl groups is 1. The zero-order chi connectivity index (χ0) is 15.1. The first kappa shape index (κ1) is 15.3. The van der Waals surface area contributed by atoms with Crippen molar-refractivity contribution < 1.29 is 14.3 Å². The van der Waals surface area contributed by atoms with Gasteiger partial charge in [0.15, 0.2) is 0 Å². The molecule has 1 aliphatic heterocycles. The zero-order valence-electron chi connectivity index (χ0n) is 11.9. The van der Waals surface area contributed by atoms with Gasteiger partial charge in [0, 0.05) is 24.1 Å². The summed E-state index contributed by atoms with van der Waals surface area (Å²) >= 11 is 5.71. The quantitative estimate of drug-likeness (QED) is 0.865. The Morgan fingerprint density at radius 1 is 1.40 bits per heavy atom. The standard InChI is InChI=1S/C15H19ClFNO2/c1-14(2)9-18(7-6-15(14,3)20)13(19)10-4-5-12(17)11(16)8-10/h4-5,8,20H,6-7,9H2,1-3H3/t15-/m0/s1. The van der Waals surface area contributed by atoms with Crippen LogP contribution in [0.5, 0.6) is 0 Å². The van der Waals surface area contributed by atoms with Crippen LogP contribution < -0.4 is 0 Å². The molecular weight excluding hydrogens is 281 g/mol. The molecule has 20 heavy (non-hydrogen) atoms. The minimum absolute atomic E-state index is 0.0564. The molecule has 0 saturated carbocycles. The summed E-state index contributed by atoms with van der Waals surface area (Å²) in [5.41, 5.74) is -0.830. The lowest BCUT2D eigenvalue weighted by molar-refractivity contribution is -0.0971. The van der Waals surface area contributed by atoms with Crippen LogP contribution in [0.4, 0.5) is 4.39 Å². The van der Waals surface area contributed by atoms with Crippen molar-refractivity contribution in [2.24, 2.45) is 5.41 Å². The second kappa shape index (κ2) is 5.01. The van der Waals surface area contributed by atoms with Gasteiger partial charge < -0.3 is 10.0 Å². The Morgan fingerprint density at radius 2 is 2.05 bits per heavy atom. The van der Waals surface area contributed by atoms with Gasteiger partial charge in [-0.1, -0.05) is 25.4 Å². The lowest BCUT2D eigenvalue weighted by Crippen LogP contribution is -2.57. The normalized spacial score (nSPS) is 25.6. The first-order valence-corrected chi connectivity index (χ1v) is 6.98. The van der Waals surface area contributed by atoms with Crippen LogP contribution in [-0.4, -0.2) is 34.6 Å². The van der Waals surface area contributed by atoms with Crippen LogP contribution in [0.15, 0.2) is 18.2 Å². The molecule has 1 N–H and O–H groups in total. The first-order chi connectivity index (χ1) is 9.14. The SMILES string of the molecule is CC1(C)CN(C(=O)c2ccc(F)c(Cl)c2)CC[C@]1(C)O. The van der Waals surface area contributed by atoms with Crippen LogP contribution in [-0.2, 0) is 0 Å². The molecule has 1 saturated heterocycles. The Kier molecular flexibility index (Phi) is 3.82. The van der Waals surface area contributed by atoms with Gasteiger partial charge in [0.2, 0.25) is 0 Å². The molecule has 0 radical (unpaired) electrons. The minimum Gasteiger partial charge on any atom is -0.389 e. The third kappa shape index (κ3) is 2.67. The number of piperidine rings is 1. The van der Waals surface area contributed by atoms with Gasteiger partial charge in [-0.15, -0.1) is 0 Å². The molecule has 0 spiro atoms. The van der Waals surface area contributed by atoms with Gasteiger partial charge >= 0.3 is 0 Å². The molecule has 2 rings (SSSR count). The van der Waals surface area contributed by atoms with E-state index in [1.165, 1.54) is 18.2 Å². The number of rotatable bonds is 1. The van der Waals surface area contributed by atoms with Crippen LogP contribution >= 0.6 is 11.6 Å². The van der Waals surface area contributed by atoms with Crippen molar-refractivity contribution in [3.05, 3.63) is 34.6 Å². The Hall–Kier alpha value is -1.13. The number of amides is 1. The van der Waals surface area contributed by atoms with E-state index >= 15 is 0 Å². The molecule has 5 heteroatoms. The van der Waals surface area contributed by atoms with Crippen molar-refractivity contribution in [3.63, 3.8) is 0 Å². The molecule has 110 valence electrons. The second-order valence-electron chi connectivity index (χ2n) is 6.26. The van der Waals surface area contributed by atoms with Crippen molar-refractivity contribution in [1.29, 1.82) is 0 Å². The molecule has 3 nitrogen and oxygen atoms in total. The maximum atomic E-state index is 13.1. The minimum atomic E-state index is -0.801. The summed E-state index contributed by atoms with van der Waals surface area (Å²) in [6.45, 7) is 6.59. The maximum absolute atomic E-state index is 13.1. The molecule has 0 unspecified atom stereocenters. The molecule has 1 aromatic rings. The lowest BCUT2D eigenvalue weighted by atomic mass is 9.71. The number of benzene rings is 1. The van der Waals surface area contributed by atoms with Crippen LogP contribution in [0.2, 0.25) is 5.02 Å². The molecule has 0 aromatic heterocycles. The van der Waals surface area contributed by atoms with E-state index < -0.39 is 16.8 Å². The number of likely N-dealkylation sites (tertiary alicyclic amines) is 1. The summed E-state index contributed by atoms with van der Waals surface area (Å²) in [5, 5.41) is 10.3. The summed E-state index contributed by atoms with van der Waals surface area (Å²) in [7, 11) is 0. The summed E-state index contributed by atoms with van der Waals surface area (Å²) in [4.78, 5) is 14.1. The Labute approximate surface area is 123 Å². The highest BCUT2D eigenvalue weighted by Gasteiger charge is 2.45. The van der Waals surface area contributed by atoms with Gasteiger partial charge in [-0.05, 0) is 31.5 Å². The number of carbonyl (C=O) groups excluding carboxylic acids is 1. The predicted octanol–water partition coefficient (Wildman–Crippen LogP) is 3.10.